The smallest absolute Gasteiger partial charge is 0.0485 e. The van der Waals surface area contributed by atoms with Gasteiger partial charge in [0.05, 0.1) is 0 Å². The van der Waals surface area contributed by atoms with Gasteiger partial charge in [0.25, 0.3) is 0 Å². The van der Waals surface area contributed by atoms with Crippen LogP contribution in [0.5, 0.6) is 0 Å². The van der Waals surface area contributed by atoms with Gasteiger partial charge in [0.1, 0.15) is 0 Å². The maximum atomic E-state index is 2.74. The van der Waals surface area contributed by atoms with Gasteiger partial charge in [0.2, 0.25) is 0 Å². The highest BCUT2D eigenvalue weighted by atomic mass is 15.2. The first-order valence-electron chi connectivity index (χ1n) is 17.0. The molecule has 0 aliphatic carbocycles. The fraction of sp³-hybridized carbons (Fsp3) is 0.400. The van der Waals surface area contributed by atoms with E-state index in [1.54, 1.807) is 11.1 Å². The van der Waals surface area contributed by atoms with Crippen molar-refractivity contribution in [1.29, 1.82) is 0 Å². The number of benzene rings is 4. The second-order valence-corrected chi connectivity index (χ2v) is 14.1. The predicted octanol–water partition coefficient (Wildman–Crippen LogP) is 7.03. The summed E-state index contributed by atoms with van der Waals surface area (Å²) in [4.78, 5) is 10.5. The first-order chi connectivity index (χ1) is 21.7. The van der Waals surface area contributed by atoms with Crippen LogP contribution in [-0.2, 0) is 12.8 Å². The maximum absolute atomic E-state index is 2.74. The molecule has 6 aliphatic rings. The number of likely N-dealkylation sites (tertiary alicyclic amines) is 2. The van der Waals surface area contributed by atoms with Gasteiger partial charge in [0.15, 0.2) is 0 Å². The van der Waals surface area contributed by atoms with Crippen LogP contribution in [0.3, 0.4) is 0 Å². The van der Waals surface area contributed by atoms with E-state index >= 15 is 0 Å². The SMILES string of the molecule is CN1CC[C@@H]2[C@@H](C1)c1cccc3c1N2CCc1ccccc1-3.CN1CC[C@H]2[C@H](C1)c1cccc3c1N2CCc1ccccc1-3. The average Bonchev–Trinajstić information content (AvgIpc) is 3.39. The molecule has 4 heteroatoms. The molecule has 4 atom stereocenters. The summed E-state index contributed by atoms with van der Waals surface area (Å²) < 4.78 is 0. The Morgan fingerprint density at radius 2 is 0.909 bits per heavy atom. The van der Waals surface area contributed by atoms with Gasteiger partial charge < -0.3 is 19.6 Å². The Morgan fingerprint density at radius 3 is 1.39 bits per heavy atom. The number of hydrogen-bond acceptors (Lipinski definition) is 4. The van der Waals surface area contributed by atoms with E-state index in [1.807, 2.05) is 0 Å². The zero-order valence-corrected chi connectivity index (χ0v) is 26.3. The summed E-state index contributed by atoms with van der Waals surface area (Å²) in [6, 6.07) is 33.3. The van der Waals surface area contributed by atoms with Crippen LogP contribution in [0.2, 0.25) is 0 Å². The van der Waals surface area contributed by atoms with Crippen molar-refractivity contribution >= 4 is 11.4 Å². The van der Waals surface area contributed by atoms with E-state index in [-0.39, 0.29) is 0 Å². The van der Waals surface area contributed by atoms with Gasteiger partial charge in [-0.15, -0.1) is 0 Å². The third-order valence-corrected chi connectivity index (χ3v) is 11.7. The molecule has 0 aromatic heterocycles. The normalized spacial score (nSPS) is 26.1. The van der Waals surface area contributed by atoms with Gasteiger partial charge >= 0.3 is 0 Å². The standard InChI is InChI=1S/2C20H22N2/c2*1-21-11-10-19-18(13-21)17-8-4-7-16-15-6-3-2-5-14(15)9-12-22(19)20(16)17/h2*2-8,18-19H,9-13H2,1H3/t2*18-,19+/m10/s1. The summed E-state index contributed by atoms with van der Waals surface area (Å²) in [5.41, 5.74) is 15.1. The first-order valence-corrected chi connectivity index (χ1v) is 17.0. The second kappa shape index (κ2) is 10.5. The van der Waals surface area contributed by atoms with E-state index in [4.69, 9.17) is 0 Å². The molecule has 0 saturated carbocycles. The number of fused-ring (bicyclic) bond motifs is 10. The summed E-state index contributed by atoms with van der Waals surface area (Å²) >= 11 is 0. The summed E-state index contributed by atoms with van der Waals surface area (Å²) in [5, 5.41) is 0. The van der Waals surface area contributed by atoms with Crippen LogP contribution < -0.4 is 9.80 Å². The van der Waals surface area contributed by atoms with Crippen molar-refractivity contribution in [2.45, 2.75) is 49.6 Å². The Kier molecular flexibility index (Phi) is 6.39. The van der Waals surface area contributed by atoms with Crippen LogP contribution in [0.25, 0.3) is 22.3 Å². The second-order valence-electron chi connectivity index (χ2n) is 14.1. The lowest BCUT2D eigenvalue weighted by atomic mass is 9.87. The first kappa shape index (κ1) is 26.8. The van der Waals surface area contributed by atoms with Crippen molar-refractivity contribution in [3.05, 3.63) is 107 Å². The molecule has 0 amide bonds. The minimum atomic E-state index is 0.693. The van der Waals surface area contributed by atoms with Crippen molar-refractivity contribution in [2.75, 3.05) is 63.2 Å². The number of likely N-dealkylation sites (N-methyl/N-ethyl adjacent to an activating group) is 2. The van der Waals surface area contributed by atoms with Crippen LogP contribution >= 0.6 is 0 Å². The van der Waals surface area contributed by atoms with Gasteiger partial charge in [-0.2, -0.15) is 0 Å². The lowest BCUT2D eigenvalue weighted by molar-refractivity contribution is 0.231. The minimum Gasteiger partial charge on any atom is -0.367 e. The molecule has 4 aromatic carbocycles. The van der Waals surface area contributed by atoms with Gasteiger partial charge in [-0.1, -0.05) is 84.9 Å². The quantitative estimate of drug-likeness (QED) is 0.221. The third-order valence-electron chi connectivity index (χ3n) is 11.7. The molecule has 0 spiro atoms. The number of nitrogens with zero attached hydrogens (tertiary/aromatic N) is 4. The van der Waals surface area contributed by atoms with Gasteiger partial charge in [-0.05, 0) is 86.2 Å². The maximum Gasteiger partial charge on any atom is 0.0485 e. The van der Waals surface area contributed by atoms with Gasteiger partial charge in [0, 0.05) is 72.6 Å². The van der Waals surface area contributed by atoms with E-state index in [0.29, 0.717) is 23.9 Å². The van der Waals surface area contributed by atoms with E-state index in [9.17, 15) is 0 Å². The summed E-state index contributed by atoms with van der Waals surface area (Å²) in [6.07, 6.45) is 4.93. The van der Waals surface area contributed by atoms with Crippen molar-refractivity contribution in [2.24, 2.45) is 0 Å². The molecular formula is C40H44N4. The predicted molar refractivity (Wildman–Crippen MR) is 183 cm³/mol. The number of para-hydroxylation sites is 2. The highest BCUT2D eigenvalue weighted by molar-refractivity contribution is 5.87. The zero-order chi connectivity index (χ0) is 29.4. The molecule has 6 heterocycles. The third kappa shape index (κ3) is 4.10. The van der Waals surface area contributed by atoms with E-state index in [2.05, 4.69) is 119 Å². The largest absolute Gasteiger partial charge is 0.367 e. The Bertz CT molecular complexity index is 1600. The lowest BCUT2D eigenvalue weighted by Gasteiger charge is -2.37. The molecular weight excluding hydrogens is 536 g/mol. The number of hydrogen-bond donors (Lipinski definition) is 0. The van der Waals surface area contributed by atoms with Gasteiger partial charge in [-0.25, -0.2) is 0 Å². The monoisotopic (exact) mass is 580 g/mol. The minimum absolute atomic E-state index is 0.693. The fourth-order valence-corrected chi connectivity index (χ4v) is 9.73. The fourth-order valence-electron chi connectivity index (χ4n) is 9.73. The molecule has 4 nitrogen and oxygen atoms in total. The highest BCUT2D eigenvalue weighted by Gasteiger charge is 2.44. The summed E-state index contributed by atoms with van der Waals surface area (Å²) in [7, 11) is 4.53. The van der Waals surface area contributed by atoms with Crippen molar-refractivity contribution in [3.8, 4) is 22.3 Å². The Balaban J connectivity index is 0.000000123. The Morgan fingerprint density at radius 1 is 0.477 bits per heavy atom. The van der Waals surface area contributed by atoms with Crippen molar-refractivity contribution in [3.63, 3.8) is 0 Å². The van der Waals surface area contributed by atoms with E-state index in [0.717, 1.165) is 0 Å². The van der Waals surface area contributed by atoms with Crippen molar-refractivity contribution in [1.82, 2.24) is 9.80 Å². The molecule has 4 aromatic rings. The Hall–Kier alpha value is -3.60. The zero-order valence-electron chi connectivity index (χ0n) is 26.3. The van der Waals surface area contributed by atoms with Crippen LogP contribution in [0.15, 0.2) is 84.9 Å². The van der Waals surface area contributed by atoms with E-state index < -0.39 is 0 Å². The molecule has 6 aliphatic heterocycles. The number of piperidine rings is 2. The molecule has 44 heavy (non-hydrogen) atoms. The molecule has 224 valence electrons. The Labute approximate surface area is 262 Å². The van der Waals surface area contributed by atoms with Crippen LogP contribution in [0.4, 0.5) is 11.4 Å². The van der Waals surface area contributed by atoms with Crippen LogP contribution in [0, 0.1) is 0 Å². The van der Waals surface area contributed by atoms with Crippen LogP contribution in [-0.4, -0.2) is 75.2 Å². The lowest BCUT2D eigenvalue weighted by Crippen LogP contribution is -2.45. The van der Waals surface area contributed by atoms with E-state index in [1.165, 1.54) is 110 Å². The molecule has 0 unspecified atom stereocenters. The molecule has 10 rings (SSSR count). The summed E-state index contributed by atoms with van der Waals surface area (Å²) in [5.74, 6) is 1.39. The van der Waals surface area contributed by atoms with Crippen LogP contribution in [0.1, 0.15) is 46.9 Å². The molecule has 2 saturated heterocycles. The molecule has 0 radical (unpaired) electrons. The molecule has 0 bridgehead atoms. The molecule has 2 fully saturated rings. The summed E-state index contributed by atoms with van der Waals surface area (Å²) in [6.45, 7) is 7.22. The highest BCUT2D eigenvalue weighted by Crippen LogP contribution is 2.52. The number of rotatable bonds is 0. The number of anilines is 2. The topological polar surface area (TPSA) is 13.0 Å². The van der Waals surface area contributed by atoms with Gasteiger partial charge in [-0.3, -0.25) is 0 Å². The average molecular weight is 581 g/mol. The van der Waals surface area contributed by atoms with Crippen molar-refractivity contribution < 1.29 is 0 Å². The molecule has 0 N–H and O–H groups in total.